The van der Waals surface area contributed by atoms with Crippen molar-refractivity contribution in [1.29, 1.82) is 0 Å². The van der Waals surface area contributed by atoms with Gasteiger partial charge in [-0.15, -0.1) is 5.10 Å². The third-order valence-corrected chi connectivity index (χ3v) is 4.03. The number of nitro groups is 1. The molecule has 1 unspecified atom stereocenters. The van der Waals surface area contributed by atoms with E-state index in [9.17, 15) is 24.5 Å². The molecule has 0 fully saturated rings. The maximum absolute atomic E-state index is 12.1. The van der Waals surface area contributed by atoms with Crippen LogP contribution in [0.4, 0.5) is 5.69 Å². The van der Waals surface area contributed by atoms with Crippen molar-refractivity contribution in [2.75, 3.05) is 0 Å². The van der Waals surface area contributed by atoms with Crippen LogP contribution in [0, 0.1) is 10.1 Å². The number of hydrazone groups is 1. The molecule has 0 aromatic heterocycles. The molecule has 1 aliphatic rings. The number of ether oxygens (including phenoxy) is 3. The van der Waals surface area contributed by atoms with Crippen LogP contribution in [-0.2, 0) is 19.1 Å². The summed E-state index contributed by atoms with van der Waals surface area (Å²) in [7, 11) is 0. The summed E-state index contributed by atoms with van der Waals surface area (Å²) in [5.41, 5.74) is 0.510. The average molecular weight is 427 g/mol. The lowest BCUT2D eigenvalue weighted by Crippen LogP contribution is -2.25. The Labute approximate surface area is 176 Å². The van der Waals surface area contributed by atoms with E-state index in [4.69, 9.17) is 14.2 Å². The maximum atomic E-state index is 12.1. The number of carbonyl (C=O) groups excluding carboxylic acids is 3. The number of rotatable bonds is 5. The van der Waals surface area contributed by atoms with Gasteiger partial charge in [0.1, 0.15) is 0 Å². The first-order chi connectivity index (χ1) is 14.7. The standard InChI is InChI=1S/C20H17N3O8/c1-11(24)22-20(31-19(21-22)14-5-4-6-16(9-14)23(27)28)15-7-8-17(29-12(2)25)18(10-15)30-13(3)26/h4-10,20H,1-3H3. The van der Waals surface area contributed by atoms with Crippen molar-refractivity contribution < 1.29 is 33.5 Å². The summed E-state index contributed by atoms with van der Waals surface area (Å²) < 4.78 is 15.9. The van der Waals surface area contributed by atoms with Gasteiger partial charge >= 0.3 is 11.9 Å². The molecule has 3 rings (SSSR count). The summed E-state index contributed by atoms with van der Waals surface area (Å²) in [6, 6.07) is 9.90. The monoisotopic (exact) mass is 427 g/mol. The van der Waals surface area contributed by atoms with Crippen molar-refractivity contribution in [3.8, 4) is 11.5 Å². The third kappa shape index (κ3) is 4.83. The van der Waals surface area contributed by atoms with Gasteiger partial charge in [-0.3, -0.25) is 24.5 Å². The van der Waals surface area contributed by atoms with E-state index in [2.05, 4.69) is 5.10 Å². The van der Waals surface area contributed by atoms with Crippen molar-refractivity contribution in [3.05, 3.63) is 63.7 Å². The molecule has 0 bridgehead atoms. The van der Waals surface area contributed by atoms with Crippen LogP contribution in [0.3, 0.4) is 0 Å². The van der Waals surface area contributed by atoms with Gasteiger partial charge in [0.15, 0.2) is 11.5 Å². The van der Waals surface area contributed by atoms with E-state index in [0.29, 0.717) is 11.1 Å². The first-order valence-electron chi connectivity index (χ1n) is 8.96. The van der Waals surface area contributed by atoms with Crippen LogP contribution in [0.1, 0.15) is 38.1 Å². The minimum atomic E-state index is -1.03. The second kappa shape index (κ2) is 8.61. The minimum absolute atomic E-state index is 0.00185. The van der Waals surface area contributed by atoms with Crippen molar-refractivity contribution in [2.45, 2.75) is 27.0 Å². The highest BCUT2D eigenvalue weighted by Crippen LogP contribution is 2.36. The topological polar surface area (TPSA) is 138 Å². The number of amides is 1. The lowest BCUT2D eigenvalue weighted by molar-refractivity contribution is -0.384. The molecule has 1 amide bonds. The molecule has 1 atom stereocenters. The van der Waals surface area contributed by atoms with E-state index in [-0.39, 0.29) is 23.1 Å². The summed E-state index contributed by atoms with van der Waals surface area (Å²) in [4.78, 5) is 45.4. The Bertz CT molecular complexity index is 1110. The van der Waals surface area contributed by atoms with E-state index < -0.39 is 29.0 Å². The third-order valence-electron chi connectivity index (χ3n) is 4.03. The zero-order chi connectivity index (χ0) is 22.7. The fourth-order valence-corrected chi connectivity index (χ4v) is 2.80. The number of nitro benzene ring substituents is 1. The fourth-order valence-electron chi connectivity index (χ4n) is 2.80. The zero-order valence-electron chi connectivity index (χ0n) is 16.7. The first kappa shape index (κ1) is 21.4. The van der Waals surface area contributed by atoms with Crippen molar-refractivity contribution in [2.24, 2.45) is 5.10 Å². The molecule has 31 heavy (non-hydrogen) atoms. The lowest BCUT2D eigenvalue weighted by atomic mass is 10.1. The Morgan fingerprint density at radius 3 is 2.32 bits per heavy atom. The number of nitrogens with zero attached hydrogens (tertiary/aromatic N) is 3. The summed E-state index contributed by atoms with van der Waals surface area (Å²) in [6.45, 7) is 3.65. The summed E-state index contributed by atoms with van der Waals surface area (Å²) in [5.74, 6) is -1.74. The lowest BCUT2D eigenvalue weighted by Gasteiger charge is -2.20. The number of benzene rings is 2. The van der Waals surface area contributed by atoms with Crippen molar-refractivity contribution in [1.82, 2.24) is 5.01 Å². The largest absolute Gasteiger partial charge is 0.446 e. The molecule has 160 valence electrons. The molecular weight excluding hydrogens is 410 g/mol. The second-order valence-electron chi connectivity index (χ2n) is 6.44. The molecule has 0 radical (unpaired) electrons. The fraction of sp³-hybridized carbons (Fsp3) is 0.200. The summed E-state index contributed by atoms with van der Waals surface area (Å²) in [6.07, 6.45) is -1.03. The van der Waals surface area contributed by atoms with Gasteiger partial charge in [0.25, 0.3) is 5.69 Å². The molecule has 2 aromatic rings. The zero-order valence-corrected chi connectivity index (χ0v) is 16.7. The molecule has 0 N–H and O–H groups in total. The van der Waals surface area contributed by atoms with Crippen LogP contribution >= 0.6 is 0 Å². The SMILES string of the molecule is CC(=O)Oc1ccc(C2OC(c3cccc([N+](=O)[O-])c3)=NN2C(C)=O)cc1OC(C)=O. The van der Waals surface area contributed by atoms with Crippen molar-refractivity contribution in [3.63, 3.8) is 0 Å². The van der Waals surface area contributed by atoms with Gasteiger partial charge in [-0.2, -0.15) is 5.01 Å². The number of carbonyl (C=O) groups is 3. The molecule has 0 saturated heterocycles. The maximum Gasteiger partial charge on any atom is 0.308 e. The van der Waals surface area contributed by atoms with E-state index in [1.807, 2.05) is 0 Å². The summed E-state index contributed by atoms with van der Waals surface area (Å²) >= 11 is 0. The molecule has 11 heteroatoms. The molecule has 1 heterocycles. The Hall–Kier alpha value is -4.28. The van der Waals surface area contributed by atoms with Gasteiger partial charge in [-0.25, -0.2) is 0 Å². The Kier molecular flexibility index (Phi) is 5.95. The van der Waals surface area contributed by atoms with Crippen LogP contribution in [0.5, 0.6) is 11.5 Å². The van der Waals surface area contributed by atoms with Gasteiger partial charge in [-0.1, -0.05) is 6.07 Å². The normalized spacial score (nSPS) is 15.0. The van der Waals surface area contributed by atoms with E-state index in [1.165, 1.54) is 57.2 Å². The highest BCUT2D eigenvalue weighted by atomic mass is 16.6. The Morgan fingerprint density at radius 2 is 1.71 bits per heavy atom. The van der Waals surface area contributed by atoms with Crippen LogP contribution in [0.25, 0.3) is 0 Å². The number of hydrogen-bond donors (Lipinski definition) is 0. The molecule has 0 saturated carbocycles. The van der Waals surface area contributed by atoms with Crippen LogP contribution in [0.2, 0.25) is 0 Å². The van der Waals surface area contributed by atoms with Gasteiger partial charge in [0, 0.05) is 44.0 Å². The van der Waals surface area contributed by atoms with Crippen LogP contribution in [0.15, 0.2) is 47.6 Å². The molecule has 0 spiro atoms. The number of esters is 2. The van der Waals surface area contributed by atoms with Gasteiger partial charge < -0.3 is 14.2 Å². The molecule has 11 nitrogen and oxygen atoms in total. The van der Waals surface area contributed by atoms with E-state index in [0.717, 1.165) is 5.01 Å². The highest BCUT2D eigenvalue weighted by molar-refractivity contribution is 5.96. The number of hydrogen-bond acceptors (Lipinski definition) is 9. The second-order valence-corrected chi connectivity index (χ2v) is 6.44. The van der Waals surface area contributed by atoms with E-state index >= 15 is 0 Å². The predicted octanol–water partition coefficient (Wildman–Crippen LogP) is 2.68. The molecule has 1 aliphatic heterocycles. The predicted molar refractivity (Wildman–Crippen MR) is 105 cm³/mol. The Balaban J connectivity index is 1.98. The van der Waals surface area contributed by atoms with E-state index in [1.54, 1.807) is 6.07 Å². The average Bonchev–Trinajstić information content (AvgIpc) is 3.14. The van der Waals surface area contributed by atoms with Gasteiger partial charge in [0.2, 0.25) is 18.0 Å². The Morgan fingerprint density at radius 1 is 1.03 bits per heavy atom. The number of non-ortho nitro benzene ring substituents is 1. The smallest absolute Gasteiger partial charge is 0.308 e. The molecule has 2 aromatic carbocycles. The quantitative estimate of drug-likeness (QED) is 0.307. The van der Waals surface area contributed by atoms with Gasteiger partial charge in [-0.05, 0) is 24.3 Å². The highest BCUT2D eigenvalue weighted by Gasteiger charge is 2.34. The van der Waals surface area contributed by atoms with Crippen LogP contribution in [-0.4, -0.2) is 33.7 Å². The first-order valence-corrected chi connectivity index (χ1v) is 8.96. The molecular formula is C20H17N3O8. The van der Waals surface area contributed by atoms with Crippen molar-refractivity contribution >= 4 is 29.4 Å². The van der Waals surface area contributed by atoms with Crippen LogP contribution < -0.4 is 9.47 Å². The molecule has 0 aliphatic carbocycles. The van der Waals surface area contributed by atoms with Gasteiger partial charge in [0.05, 0.1) is 4.92 Å². The minimum Gasteiger partial charge on any atom is -0.446 e. The summed E-state index contributed by atoms with van der Waals surface area (Å²) in [5, 5.41) is 16.2.